The Hall–Kier alpha value is -2.82. The molecule has 1 saturated heterocycles. The van der Waals surface area contributed by atoms with Crippen molar-refractivity contribution in [2.75, 3.05) is 71.2 Å². The fourth-order valence-corrected chi connectivity index (χ4v) is 4.96. The first-order valence-corrected chi connectivity index (χ1v) is 14.1. The Bertz CT molecular complexity index is 1330. The molecule has 0 N–H and O–H groups in total. The minimum Gasteiger partial charge on any atom is -0.494 e. The number of pyridine rings is 1. The molecular formula is C29H35Cl2N3O6. The summed E-state index contributed by atoms with van der Waals surface area (Å²) in [5, 5.41) is 2.04. The molecule has 0 unspecified atom stereocenters. The number of anilines is 1. The average Bonchev–Trinajstić information content (AvgIpc) is 2.96. The van der Waals surface area contributed by atoms with E-state index in [0.717, 1.165) is 56.6 Å². The summed E-state index contributed by atoms with van der Waals surface area (Å²) in [5.41, 5.74) is 1.36. The molecule has 216 valence electrons. The van der Waals surface area contributed by atoms with Crippen molar-refractivity contribution in [2.24, 2.45) is 0 Å². The van der Waals surface area contributed by atoms with Gasteiger partial charge < -0.3 is 23.8 Å². The summed E-state index contributed by atoms with van der Waals surface area (Å²) in [6.07, 6.45) is 1.92. The minimum atomic E-state index is -0.554. The third kappa shape index (κ3) is 8.34. The van der Waals surface area contributed by atoms with E-state index in [1.807, 2.05) is 30.3 Å². The number of esters is 1. The van der Waals surface area contributed by atoms with Crippen molar-refractivity contribution in [3.63, 3.8) is 0 Å². The lowest BCUT2D eigenvalue weighted by Crippen LogP contribution is -2.46. The average molecular weight is 593 g/mol. The third-order valence-corrected chi connectivity index (χ3v) is 7.56. The van der Waals surface area contributed by atoms with E-state index in [-0.39, 0.29) is 25.5 Å². The van der Waals surface area contributed by atoms with E-state index in [4.69, 9.17) is 42.1 Å². The second-order valence-corrected chi connectivity index (χ2v) is 10.3. The first-order chi connectivity index (χ1) is 19.5. The summed E-state index contributed by atoms with van der Waals surface area (Å²) in [4.78, 5) is 29.2. The van der Waals surface area contributed by atoms with Crippen LogP contribution in [0.25, 0.3) is 10.9 Å². The minimum absolute atomic E-state index is 0.205. The van der Waals surface area contributed by atoms with Crippen molar-refractivity contribution in [1.82, 2.24) is 9.47 Å². The van der Waals surface area contributed by atoms with Crippen LogP contribution >= 0.6 is 23.2 Å². The second-order valence-electron chi connectivity index (χ2n) is 9.47. The van der Waals surface area contributed by atoms with Crippen LogP contribution in [0.4, 0.5) is 5.69 Å². The number of hydrogen-bond donors (Lipinski definition) is 0. The molecule has 1 aromatic heterocycles. The zero-order valence-electron chi connectivity index (χ0n) is 22.7. The van der Waals surface area contributed by atoms with E-state index < -0.39 is 5.97 Å². The van der Waals surface area contributed by atoms with Gasteiger partial charge in [0.2, 0.25) is 0 Å². The van der Waals surface area contributed by atoms with Crippen molar-refractivity contribution in [3.05, 3.63) is 68.9 Å². The van der Waals surface area contributed by atoms with Crippen LogP contribution in [0.15, 0.2) is 53.3 Å². The van der Waals surface area contributed by atoms with Crippen molar-refractivity contribution < 1.29 is 23.7 Å². The highest BCUT2D eigenvalue weighted by molar-refractivity contribution is 6.43. The molecule has 3 aromatic rings. The number of methoxy groups -OCH3 is 1. The van der Waals surface area contributed by atoms with Gasteiger partial charge in [-0.05, 0) is 55.1 Å². The first-order valence-electron chi connectivity index (χ1n) is 13.4. The van der Waals surface area contributed by atoms with Gasteiger partial charge in [-0.1, -0.05) is 29.3 Å². The second kappa shape index (κ2) is 15.3. The molecule has 40 heavy (non-hydrogen) atoms. The third-order valence-electron chi connectivity index (χ3n) is 6.75. The first kappa shape index (κ1) is 30.1. The number of ether oxygens (including phenoxy) is 4. The number of carbonyl (C=O) groups is 1. The molecule has 1 aliphatic rings. The van der Waals surface area contributed by atoms with Crippen LogP contribution < -0.4 is 15.2 Å². The van der Waals surface area contributed by atoms with E-state index in [9.17, 15) is 9.59 Å². The van der Waals surface area contributed by atoms with E-state index >= 15 is 0 Å². The largest absolute Gasteiger partial charge is 0.494 e. The number of benzene rings is 2. The number of aromatic nitrogens is 1. The zero-order chi connectivity index (χ0) is 28.3. The van der Waals surface area contributed by atoms with Crippen molar-refractivity contribution in [2.45, 2.75) is 19.6 Å². The molecule has 4 rings (SSSR count). The number of halogens is 2. The Balaban J connectivity index is 1.21. The maximum atomic E-state index is 12.5. The maximum Gasteiger partial charge on any atom is 0.333 e. The number of hydrogen-bond acceptors (Lipinski definition) is 8. The predicted octanol–water partition coefficient (Wildman–Crippen LogP) is 4.45. The lowest BCUT2D eigenvalue weighted by Gasteiger charge is -2.36. The molecule has 0 aliphatic carbocycles. The Morgan fingerprint density at radius 1 is 0.950 bits per heavy atom. The summed E-state index contributed by atoms with van der Waals surface area (Å²) < 4.78 is 22.7. The fourth-order valence-electron chi connectivity index (χ4n) is 4.54. The number of nitrogens with zero attached hydrogens (tertiary/aromatic N) is 3. The van der Waals surface area contributed by atoms with E-state index in [0.29, 0.717) is 34.5 Å². The molecule has 1 aliphatic heterocycles. The molecule has 0 saturated carbocycles. The van der Waals surface area contributed by atoms with Crippen LogP contribution in [0.2, 0.25) is 10.0 Å². The number of unbranched alkanes of at least 4 members (excludes halogenated alkanes) is 1. The van der Waals surface area contributed by atoms with Crippen LogP contribution in [0.3, 0.4) is 0 Å². The number of carbonyl (C=O) groups excluding carboxylic acids is 1. The summed E-state index contributed by atoms with van der Waals surface area (Å²) in [7, 11) is 1.55. The number of fused-ring (bicyclic) bond motifs is 1. The van der Waals surface area contributed by atoms with Gasteiger partial charge in [0.05, 0.1) is 41.1 Å². The van der Waals surface area contributed by atoms with Gasteiger partial charge in [-0.2, -0.15) is 0 Å². The van der Waals surface area contributed by atoms with Crippen molar-refractivity contribution in [3.8, 4) is 5.75 Å². The van der Waals surface area contributed by atoms with Gasteiger partial charge >= 0.3 is 5.97 Å². The highest BCUT2D eigenvalue weighted by Gasteiger charge is 2.19. The van der Waals surface area contributed by atoms with Crippen molar-refractivity contribution >= 4 is 45.8 Å². The van der Waals surface area contributed by atoms with Crippen LogP contribution in [0.5, 0.6) is 5.75 Å². The lowest BCUT2D eigenvalue weighted by atomic mass is 10.2. The number of rotatable bonds is 14. The van der Waals surface area contributed by atoms with Gasteiger partial charge in [0.15, 0.2) is 6.73 Å². The molecule has 11 heteroatoms. The lowest BCUT2D eigenvalue weighted by molar-refractivity contribution is -0.153. The SMILES string of the molecule is COCCOCC(=O)OCn1c(=O)ccc2ccc(OCCCCN3CCN(c4cccc(Cl)c4Cl)CC3)cc21. The Morgan fingerprint density at radius 2 is 1.75 bits per heavy atom. The molecule has 9 nitrogen and oxygen atoms in total. The van der Waals surface area contributed by atoms with Gasteiger partial charge in [-0.3, -0.25) is 14.3 Å². The van der Waals surface area contributed by atoms with Gasteiger partial charge in [0.25, 0.3) is 5.56 Å². The Morgan fingerprint density at radius 3 is 2.55 bits per heavy atom. The predicted molar refractivity (Wildman–Crippen MR) is 157 cm³/mol. The standard InChI is InChI=1S/C29H35Cl2N3O6/c1-37-17-18-38-20-28(36)40-21-34-26-19-23(9-7-22(26)8-10-27(34)35)39-16-3-2-11-32-12-14-33(15-13-32)25-6-4-5-24(30)29(25)31/h4-10,19H,2-3,11-18,20-21H2,1H3. The van der Waals surface area contributed by atoms with Crippen LogP contribution in [0.1, 0.15) is 12.8 Å². The molecule has 2 aromatic carbocycles. The highest BCUT2D eigenvalue weighted by Crippen LogP contribution is 2.32. The Kier molecular flexibility index (Phi) is 11.5. The molecule has 0 bridgehead atoms. The number of piperazine rings is 1. The van der Waals surface area contributed by atoms with E-state index in [1.54, 1.807) is 19.2 Å². The molecule has 0 amide bonds. The molecule has 0 radical (unpaired) electrons. The quantitative estimate of drug-likeness (QED) is 0.201. The summed E-state index contributed by atoms with van der Waals surface area (Å²) in [5.74, 6) is 0.107. The van der Waals surface area contributed by atoms with E-state index in [2.05, 4.69) is 9.80 Å². The molecule has 2 heterocycles. The zero-order valence-corrected chi connectivity index (χ0v) is 24.2. The summed E-state index contributed by atoms with van der Waals surface area (Å²) in [6, 6.07) is 14.5. The normalized spacial score (nSPS) is 14.0. The van der Waals surface area contributed by atoms with E-state index in [1.165, 1.54) is 10.6 Å². The van der Waals surface area contributed by atoms with Crippen LogP contribution in [-0.2, 0) is 25.7 Å². The molecule has 0 spiro atoms. The molecule has 0 atom stereocenters. The summed E-state index contributed by atoms with van der Waals surface area (Å²) >= 11 is 12.6. The highest BCUT2D eigenvalue weighted by atomic mass is 35.5. The van der Waals surface area contributed by atoms with Gasteiger partial charge in [0.1, 0.15) is 12.4 Å². The van der Waals surface area contributed by atoms with Crippen molar-refractivity contribution in [1.29, 1.82) is 0 Å². The smallest absolute Gasteiger partial charge is 0.333 e. The Labute approximate surface area is 244 Å². The molecule has 1 fully saturated rings. The topological polar surface area (TPSA) is 82.5 Å². The fraction of sp³-hybridized carbons (Fsp3) is 0.448. The summed E-state index contributed by atoms with van der Waals surface area (Å²) in [6.45, 7) is 5.58. The monoisotopic (exact) mass is 591 g/mol. The maximum absolute atomic E-state index is 12.5. The van der Waals surface area contributed by atoms with Gasteiger partial charge in [-0.15, -0.1) is 0 Å². The van der Waals surface area contributed by atoms with Gasteiger partial charge in [0, 0.05) is 45.4 Å². The van der Waals surface area contributed by atoms with Gasteiger partial charge in [-0.25, -0.2) is 4.79 Å². The van der Waals surface area contributed by atoms with Crippen LogP contribution in [-0.4, -0.2) is 81.7 Å². The molecular weight excluding hydrogens is 557 g/mol. The van der Waals surface area contributed by atoms with Crippen LogP contribution in [0, 0.1) is 0 Å².